The summed E-state index contributed by atoms with van der Waals surface area (Å²) in [5.41, 5.74) is 1.15. The molecular weight excluding hydrogens is 518 g/mol. The van der Waals surface area contributed by atoms with Crippen LogP contribution in [0, 0.1) is 5.92 Å². The maximum atomic E-state index is 13.3. The summed E-state index contributed by atoms with van der Waals surface area (Å²) < 4.78 is 27.5. The van der Waals surface area contributed by atoms with Crippen molar-refractivity contribution < 1.29 is 22.8 Å². The zero-order valence-corrected chi connectivity index (χ0v) is 23.0. The Morgan fingerprint density at radius 2 is 1.82 bits per heavy atom. The third-order valence-electron chi connectivity index (χ3n) is 6.79. The summed E-state index contributed by atoms with van der Waals surface area (Å²) in [5.74, 6) is -1.21. The molecule has 3 aromatic rings. The Bertz CT molecular complexity index is 1460. The average molecular weight is 552 g/mol. The standard InChI is InChI=1S/C28H33N5O5S/c1-18(2)15-24(32-27(35)21-10-12-22-20(16-21)7-6-14-29-22)28(36)31-23-11-9-19(3)33(17-25(23)34)39(37,38)26-8-4-5-13-30-26/h4-8,10,12-14,16,18-19,23-24H,9,11,15,17H2,1-3H3,(H,31,36)(H,32,35). The molecule has 1 aliphatic rings. The normalized spacial score (nSPS) is 19.4. The predicted molar refractivity (Wildman–Crippen MR) is 146 cm³/mol. The summed E-state index contributed by atoms with van der Waals surface area (Å²) in [6.07, 6.45) is 4.07. The smallest absolute Gasteiger partial charge is 0.261 e. The number of aromatic nitrogens is 2. The van der Waals surface area contributed by atoms with Crippen LogP contribution < -0.4 is 10.6 Å². The molecule has 10 nitrogen and oxygen atoms in total. The van der Waals surface area contributed by atoms with E-state index in [2.05, 4.69) is 20.6 Å². The first-order valence-corrected chi connectivity index (χ1v) is 14.4. The number of benzene rings is 1. The van der Waals surface area contributed by atoms with E-state index in [4.69, 9.17) is 0 Å². The lowest BCUT2D eigenvalue weighted by molar-refractivity contribution is -0.129. The number of carbonyl (C=O) groups excluding carboxylic acids is 3. The molecule has 0 bridgehead atoms. The SMILES string of the molecule is CC(C)CC(NC(=O)c1ccc2ncccc2c1)C(=O)NC1CCC(C)N(S(=O)(=O)c2ccccn2)CC1=O. The number of fused-ring (bicyclic) bond motifs is 1. The lowest BCUT2D eigenvalue weighted by atomic mass is 10.0. The quantitative estimate of drug-likeness (QED) is 0.439. The Morgan fingerprint density at radius 3 is 2.54 bits per heavy atom. The van der Waals surface area contributed by atoms with Gasteiger partial charge in [0.05, 0.1) is 18.1 Å². The van der Waals surface area contributed by atoms with Gasteiger partial charge in [0, 0.05) is 29.4 Å². The maximum absolute atomic E-state index is 13.3. The molecule has 206 valence electrons. The fraction of sp³-hybridized carbons (Fsp3) is 0.393. The van der Waals surface area contributed by atoms with Crippen molar-refractivity contribution in [2.75, 3.05) is 6.54 Å². The monoisotopic (exact) mass is 551 g/mol. The minimum atomic E-state index is -3.99. The molecule has 2 N–H and O–H groups in total. The van der Waals surface area contributed by atoms with Crippen molar-refractivity contribution >= 4 is 38.5 Å². The van der Waals surface area contributed by atoms with Gasteiger partial charge < -0.3 is 10.6 Å². The van der Waals surface area contributed by atoms with Crippen LogP contribution in [-0.4, -0.2) is 65.0 Å². The molecule has 11 heteroatoms. The second-order valence-electron chi connectivity index (χ2n) is 10.2. The molecule has 2 amide bonds. The molecule has 1 saturated heterocycles. The second-order valence-corrected chi connectivity index (χ2v) is 12.1. The third kappa shape index (κ3) is 6.66. The van der Waals surface area contributed by atoms with Gasteiger partial charge in [-0.25, -0.2) is 13.4 Å². The molecule has 0 spiro atoms. The third-order valence-corrected chi connectivity index (χ3v) is 8.66. The Hall–Kier alpha value is -3.70. The molecule has 1 aliphatic heterocycles. The van der Waals surface area contributed by atoms with Gasteiger partial charge in [0.25, 0.3) is 15.9 Å². The Morgan fingerprint density at radius 1 is 1.05 bits per heavy atom. The van der Waals surface area contributed by atoms with Crippen molar-refractivity contribution in [2.24, 2.45) is 5.92 Å². The molecule has 3 heterocycles. The van der Waals surface area contributed by atoms with E-state index in [1.165, 1.54) is 12.3 Å². The first-order valence-electron chi connectivity index (χ1n) is 13.0. The van der Waals surface area contributed by atoms with E-state index >= 15 is 0 Å². The first-order chi connectivity index (χ1) is 18.6. The number of hydrogen-bond acceptors (Lipinski definition) is 7. The van der Waals surface area contributed by atoms with E-state index < -0.39 is 45.7 Å². The van der Waals surface area contributed by atoms with Gasteiger partial charge in [0.1, 0.15) is 6.04 Å². The topological polar surface area (TPSA) is 138 Å². The highest BCUT2D eigenvalue weighted by Gasteiger charge is 2.38. The number of nitrogens with one attached hydrogen (secondary N) is 2. The van der Waals surface area contributed by atoms with Crippen molar-refractivity contribution in [3.8, 4) is 0 Å². The van der Waals surface area contributed by atoms with Crippen molar-refractivity contribution in [1.82, 2.24) is 24.9 Å². The molecule has 3 atom stereocenters. The molecule has 0 radical (unpaired) electrons. The number of ketones is 1. The zero-order chi connectivity index (χ0) is 28.2. The highest BCUT2D eigenvalue weighted by Crippen LogP contribution is 2.23. The molecule has 1 fully saturated rings. The van der Waals surface area contributed by atoms with Crippen LogP contribution in [0.25, 0.3) is 10.9 Å². The number of amides is 2. The van der Waals surface area contributed by atoms with Gasteiger partial charge >= 0.3 is 0 Å². The number of hydrogen-bond donors (Lipinski definition) is 2. The van der Waals surface area contributed by atoms with Crippen LogP contribution in [-0.2, 0) is 19.6 Å². The lowest BCUT2D eigenvalue weighted by Crippen LogP contribution is -2.52. The number of nitrogens with zero attached hydrogens (tertiary/aromatic N) is 3. The summed E-state index contributed by atoms with van der Waals surface area (Å²) in [7, 11) is -3.99. The van der Waals surface area contributed by atoms with Crippen LogP contribution in [0.3, 0.4) is 0 Å². The minimum absolute atomic E-state index is 0.0886. The van der Waals surface area contributed by atoms with Crippen molar-refractivity contribution in [3.05, 3.63) is 66.5 Å². The van der Waals surface area contributed by atoms with Gasteiger partial charge in [0.2, 0.25) is 5.91 Å². The summed E-state index contributed by atoms with van der Waals surface area (Å²) in [6, 6.07) is 11.1. The largest absolute Gasteiger partial charge is 0.344 e. The average Bonchev–Trinajstić information content (AvgIpc) is 3.06. The fourth-order valence-electron chi connectivity index (χ4n) is 4.66. The van der Waals surface area contributed by atoms with Crippen molar-refractivity contribution in [1.29, 1.82) is 0 Å². The van der Waals surface area contributed by atoms with E-state index in [1.54, 1.807) is 49.5 Å². The van der Waals surface area contributed by atoms with Gasteiger partial charge in [-0.3, -0.25) is 19.4 Å². The van der Waals surface area contributed by atoms with Gasteiger partial charge in [-0.1, -0.05) is 26.0 Å². The number of sulfonamides is 1. The zero-order valence-electron chi connectivity index (χ0n) is 22.2. The molecule has 0 aliphatic carbocycles. The highest BCUT2D eigenvalue weighted by atomic mass is 32.2. The number of carbonyl (C=O) groups is 3. The number of rotatable bonds is 8. The minimum Gasteiger partial charge on any atom is -0.344 e. The Kier molecular flexibility index (Phi) is 8.71. The maximum Gasteiger partial charge on any atom is 0.261 e. The van der Waals surface area contributed by atoms with Gasteiger partial charge in [0.15, 0.2) is 10.8 Å². The van der Waals surface area contributed by atoms with E-state index in [-0.39, 0.29) is 23.9 Å². The first kappa shape index (κ1) is 28.3. The molecule has 39 heavy (non-hydrogen) atoms. The van der Waals surface area contributed by atoms with Gasteiger partial charge in [-0.2, -0.15) is 4.31 Å². The molecule has 3 unspecified atom stereocenters. The lowest BCUT2D eigenvalue weighted by Gasteiger charge is -2.25. The Labute approximate surface area is 228 Å². The Balaban J connectivity index is 1.47. The molecule has 2 aromatic heterocycles. The van der Waals surface area contributed by atoms with E-state index in [0.29, 0.717) is 18.4 Å². The summed E-state index contributed by atoms with van der Waals surface area (Å²) in [6.45, 7) is 5.23. The summed E-state index contributed by atoms with van der Waals surface area (Å²) in [5, 5.41) is 6.27. The van der Waals surface area contributed by atoms with Crippen LogP contribution >= 0.6 is 0 Å². The van der Waals surface area contributed by atoms with Crippen LogP contribution in [0.2, 0.25) is 0 Å². The van der Waals surface area contributed by atoms with Crippen LogP contribution in [0.1, 0.15) is 50.4 Å². The molecule has 1 aromatic carbocycles. The van der Waals surface area contributed by atoms with E-state index in [1.807, 2.05) is 19.9 Å². The summed E-state index contributed by atoms with van der Waals surface area (Å²) >= 11 is 0. The van der Waals surface area contributed by atoms with E-state index in [9.17, 15) is 22.8 Å². The van der Waals surface area contributed by atoms with Crippen LogP contribution in [0.15, 0.2) is 66.0 Å². The van der Waals surface area contributed by atoms with Crippen molar-refractivity contribution in [3.63, 3.8) is 0 Å². The molecule has 0 saturated carbocycles. The number of pyridine rings is 2. The van der Waals surface area contributed by atoms with Crippen LogP contribution in [0.4, 0.5) is 0 Å². The van der Waals surface area contributed by atoms with Gasteiger partial charge in [-0.15, -0.1) is 0 Å². The number of Topliss-reactive ketones (excluding diaryl/α,β-unsaturated/α-hetero) is 1. The molecule has 4 rings (SSSR count). The summed E-state index contributed by atoms with van der Waals surface area (Å²) in [4.78, 5) is 47.8. The second kappa shape index (κ2) is 12.0. The predicted octanol–water partition coefficient (Wildman–Crippen LogP) is 2.70. The fourth-order valence-corrected chi connectivity index (χ4v) is 6.22. The van der Waals surface area contributed by atoms with E-state index in [0.717, 1.165) is 15.2 Å². The van der Waals surface area contributed by atoms with Crippen molar-refractivity contribution in [2.45, 2.75) is 63.2 Å². The molecular formula is C28H33N5O5S. The highest BCUT2D eigenvalue weighted by molar-refractivity contribution is 7.89. The van der Waals surface area contributed by atoms with Crippen LogP contribution in [0.5, 0.6) is 0 Å². The van der Waals surface area contributed by atoms with Gasteiger partial charge in [-0.05, 0) is 68.5 Å².